The molecule has 2 aromatic rings. The SMILES string of the molecule is Nc1ccnc(N2CC[C@@H](c3ccc(F)cc3)C2)n1. The number of aromatic nitrogens is 2. The van der Waals surface area contributed by atoms with Crippen molar-refractivity contribution in [3.63, 3.8) is 0 Å². The van der Waals surface area contributed by atoms with Crippen LogP contribution in [0.3, 0.4) is 0 Å². The maximum atomic E-state index is 12.9. The van der Waals surface area contributed by atoms with E-state index in [0.717, 1.165) is 25.1 Å². The predicted octanol–water partition coefficient (Wildman–Crippen LogP) is 2.19. The average molecular weight is 258 g/mol. The summed E-state index contributed by atoms with van der Waals surface area (Å²) in [6.45, 7) is 1.74. The molecule has 19 heavy (non-hydrogen) atoms. The van der Waals surface area contributed by atoms with E-state index >= 15 is 0 Å². The van der Waals surface area contributed by atoms with Gasteiger partial charge in [-0.1, -0.05) is 12.1 Å². The molecule has 0 spiro atoms. The summed E-state index contributed by atoms with van der Waals surface area (Å²) in [5.74, 6) is 1.35. The molecule has 2 N–H and O–H groups in total. The van der Waals surface area contributed by atoms with Gasteiger partial charge in [0.1, 0.15) is 11.6 Å². The van der Waals surface area contributed by atoms with Gasteiger partial charge in [-0.3, -0.25) is 0 Å². The van der Waals surface area contributed by atoms with E-state index in [9.17, 15) is 4.39 Å². The zero-order valence-electron chi connectivity index (χ0n) is 10.5. The molecule has 0 amide bonds. The molecule has 98 valence electrons. The summed E-state index contributed by atoms with van der Waals surface area (Å²) >= 11 is 0. The predicted molar refractivity (Wildman–Crippen MR) is 72.4 cm³/mol. The molecule has 0 radical (unpaired) electrons. The van der Waals surface area contributed by atoms with Crippen molar-refractivity contribution in [1.82, 2.24) is 9.97 Å². The minimum Gasteiger partial charge on any atom is -0.384 e. The van der Waals surface area contributed by atoms with Crippen molar-refractivity contribution in [2.24, 2.45) is 0 Å². The van der Waals surface area contributed by atoms with E-state index in [0.29, 0.717) is 17.7 Å². The molecule has 2 heterocycles. The van der Waals surface area contributed by atoms with Crippen LogP contribution < -0.4 is 10.6 Å². The molecule has 1 aliphatic heterocycles. The van der Waals surface area contributed by atoms with Crippen LogP contribution in [-0.4, -0.2) is 23.1 Å². The molecule has 1 aliphatic rings. The van der Waals surface area contributed by atoms with Gasteiger partial charge in [-0.2, -0.15) is 4.98 Å². The Kier molecular flexibility index (Phi) is 3.03. The Balaban J connectivity index is 1.75. The van der Waals surface area contributed by atoms with Crippen LogP contribution in [-0.2, 0) is 0 Å². The first-order chi connectivity index (χ1) is 9.22. The highest BCUT2D eigenvalue weighted by molar-refractivity contribution is 5.40. The van der Waals surface area contributed by atoms with Crippen molar-refractivity contribution in [2.75, 3.05) is 23.7 Å². The smallest absolute Gasteiger partial charge is 0.227 e. The fraction of sp³-hybridized carbons (Fsp3) is 0.286. The number of hydrogen-bond donors (Lipinski definition) is 1. The van der Waals surface area contributed by atoms with Crippen molar-refractivity contribution in [3.8, 4) is 0 Å². The molecule has 0 bridgehead atoms. The largest absolute Gasteiger partial charge is 0.384 e. The number of halogens is 1. The summed E-state index contributed by atoms with van der Waals surface area (Å²) in [5.41, 5.74) is 6.83. The van der Waals surface area contributed by atoms with Gasteiger partial charge in [-0.05, 0) is 30.2 Å². The Morgan fingerprint density at radius 2 is 2.00 bits per heavy atom. The molecule has 0 saturated carbocycles. The van der Waals surface area contributed by atoms with Gasteiger partial charge in [0.25, 0.3) is 0 Å². The Labute approximate surface area is 111 Å². The van der Waals surface area contributed by atoms with Crippen molar-refractivity contribution < 1.29 is 4.39 Å². The van der Waals surface area contributed by atoms with Gasteiger partial charge >= 0.3 is 0 Å². The van der Waals surface area contributed by atoms with Crippen LogP contribution in [0.4, 0.5) is 16.2 Å². The summed E-state index contributed by atoms with van der Waals surface area (Å²) in [6, 6.07) is 8.40. The number of nitrogen functional groups attached to an aromatic ring is 1. The monoisotopic (exact) mass is 258 g/mol. The number of benzene rings is 1. The Morgan fingerprint density at radius 3 is 2.74 bits per heavy atom. The summed E-state index contributed by atoms with van der Waals surface area (Å²) in [6.07, 6.45) is 2.69. The molecule has 0 unspecified atom stereocenters. The van der Waals surface area contributed by atoms with Crippen molar-refractivity contribution in [2.45, 2.75) is 12.3 Å². The zero-order valence-corrected chi connectivity index (χ0v) is 10.5. The van der Waals surface area contributed by atoms with Crippen molar-refractivity contribution in [3.05, 3.63) is 47.9 Å². The maximum Gasteiger partial charge on any atom is 0.227 e. The molecule has 1 saturated heterocycles. The molecule has 1 fully saturated rings. The summed E-state index contributed by atoms with van der Waals surface area (Å²) in [5, 5.41) is 0. The highest BCUT2D eigenvalue weighted by Crippen LogP contribution is 2.29. The lowest BCUT2D eigenvalue weighted by molar-refractivity contribution is 0.625. The van der Waals surface area contributed by atoms with Crippen molar-refractivity contribution >= 4 is 11.8 Å². The third-order valence-electron chi connectivity index (χ3n) is 3.48. The fourth-order valence-electron chi connectivity index (χ4n) is 2.46. The summed E-state index contributed by atoms with van der Waals surface area (Å²) in [7, 11) is 0. The van der Waals surface area contributed by atoms with Crippen LogP contribution in [0.1, 0.15) is 17.9 Å². The lowest BCUT2D eigenvalue weighted by Gasteiger charge is -2.16. The molecule has 5 heteroatoms. The molecular weight excluding hydrogens is 243 g/mol. The van der Waals surface area contributed by atoms with Gasteiger partial charge < -0.3 is 10.6 Å². The van der Waals surface area contributed by atoms with Gasteiger partial charge in [0, 0.05) is 25.2 Å². The van der Waals surface area contributed by atoms with Crippen LogP contribution >= 0.6 is 0 Å². The molecule has 4 nitrogen and oxygen atoms in total. The molecule has 1 aromatic heterocycles. The topological polar surface area (TPSA) is 55.0 Å². The van der Waals surface area contributed by atoms with Crippen LogP contribution in [0.2, 0.25) is 0 Å². The number of anilines is 2. The van der Waals surface area contributed by atoms with Gasteiger partial charge in [0.2, 0.25) is 5.95 Å². The van der Waals surface area contributed by atoms with E-state index in [1.165, 1.54) is 12.1 Å². The summed E-state index contributed by atoms with van der Waals surface area (Å²) in [4.78, 5) is 10.6. The minimum absolute atomic E-state index is 0.197. The third kappa shape index (κ3) is 2.50. The average Bonchev–Trinajstić information content (AvgIpc) is 2.89. The lowest BCUT2D eigenvalue weighted by Crippen LogP contribution is -2.22. The van der Waals surface area contributed by atoms with Crippen LogP contribution in [0.15, 0.2) is 36.5 Å². The first-order valence-corrected chi connectivity index (χ1v) is 6.31. The van der Waals surface area contributed by atoms with Gasteiger partial charge in [-0.25, -0.2) is 9.37 Å². The van der Waals surface area contributed by atoms with E-state index in [4.69, 9.17) is 5.73 Å². The van der Waals surface area contributed by atoms with Gasteiger partial charge in [-0.15, -0.1) is 0 Å². The van der Waals surface area contributed by atoms with Crippen LogP contribution in [0, 0.1) is 5.82 Å². The number of rotatable bonds is 2. The molecule has 1 atom stereocenters. The Morgan fingerprint density at radius 1 is 1.21 bits per heavy atom. The van der Waals surface area contributed by atoms with E-state index < -0.39 is 0 Å². The van der Waals surface area contributed by atoms with Crippen LogP contribution in [0.5, 0.6) is 0 Å². The standard InChI is InChI=1S/C14H15FN4/c15-12-3-1-10(2-4-12)11-6-8-19(9-11)14-17-7-5-13(16)18-14/h1-5,7,11H,6,8-9H2,(H2,16,17,18)/t11-/m1/s1. The van der Waals surface area contributed by atoms with Gasteiger partial charge in [0.15, 0.2) is 0 Å². The second-order valence-corrected chi connectivity index (χ2v) is 4.76. The fourth-order valence-corrected chi connectivity index (χ4v) is 2.46. The normalized spacial score (nSPS) is 18.8. The maximum absolute atomic E-state index is 12.9. The number of nitrogens with two attached hydrogens (primary N) is 1. The highest BCUT2D eigenvalue weighted by atomic mass is 19.1. The summed E-state index contributed by atoms with van der Waals surface area (Å²) < 4.78 is 12.9. The Bertz CT molecular complexity index is 570. The van der Waals surface area contributed by atoms with E-state index in [1.54, 1.807) is 12.3 Å². The first-order valence-electron chi connectivity index (χ1n) is 6.31. The van der Waals surface area contributed by atoms with E-state index in [2.05, 4.69) is 14.9 Å². The second kappa shape index (κ2) is 4.84. The highest BCUT2D eigenvalue weighted by Gasteiger charge is 2.25. The van der Waals surface area contributed by atoms with Crippen molar-refractivity contribution in [1.29, 1.82) is 0 Å². The van der Waals surface area contributed by atoms with Crippen LogP contribution in [0.25, 0.3) is 0 Å². The van der Waals surface area contributed by atoms with E-state index in [1.807, 2.05) is 12.1 Å². The third-order valence-corrected chi connectivity index (χ3v) is 3.48. The Hall–Kier alpha value is -2.17. The number of nitrogens with zero attached hydrogens (tertiary/aromatic N) is 3. The van der Waals surface area contributed by atoms with Gasteiger partial charge in [0.05, 0.1) is 0 Å². The molecule has 1 aromatic carbocycles. The second-order valence-electron chi connectivity index (χ2n) is 4.76. The van der Waals surface area contributed by atoms with E-state index in [-0.39, 0.29) is 5.82 Å². The zero-order chi connectivity index (χ0) is 13.2. The first kappa shape index (κ1) is 11.9. The molecule has 0 aliphatic carbocycles. The molecular formula is C14H15FN4. The quantitative estimate of drug-likeness (QED) is 0.897. The lowest BCUT2D eigenvalue weighted by atomic mass is 9.99. The number of hydrogen-bond acceptors (Lipinski definition) is 4. The molecule has 3 rings (SSSR count). The minimum atomic E-state index is -0.197.